The Morgan fingerprint density at radius 3 is 2.04 bits per heavy atom. The maximum atomic E-state index is 12.4. The van der Waals surface area contributed by atoms with Gasteiger partial charge in [-0.15, -0.1) is 10.2 Å². The Bertz CT molecular complexity index is 2550. The molecule has 5 rings (SSSR count). The Kier molecular flexibility index (Phi) is 9.20. The molecule has 0 bridgehead atoms. The summed E-state index contributed by atoms with van der Waals surface area (Å²) in [6.45, 7) is 3.51. The number of nitrogen functional groups attached to an aromatic ring is 1. The minimum absolute atomic E-state index is 0.0236. The molecule has 256 valence electrons. The van der Waals surface area contributed by atoms with Crippen molar-refractivity contribution in [3.63, 3.8) is 0 Å². The maximum Gasteiger partial charge on any atom is 0.296 e. The van der Waals surface area contributed by atoms with Crippen molar-refractivity contribution < 1.29 is 44.0 Å². The average Bonchev–Trinajstić information content (AvgIpc) is 2.96. The van der Waals surface area contributed by atoms with Gasteiger partial charge in [0.2, 0.25) is 17.2 Å². The van der Waals surface area contributed by atoms with Crippen LogP contribution in [0.1, 0.15) is 11.1 Å². The molecule has 0 radical (unpaired) electrons. The number of hydrogen-bond acceptors (Lipinski definition) is 15. The number of benzene rings is 4. The topological polar surface area (TPSA) is 297 Å². The first-order valence-electron chi connectivity index (χ1n) is 13.3. The molecule has 0 saturated heterocycles. The molecule has 1 aromatic heterocycles. The molecule has 0 fully saturated rings. The standard InChI is InChI=1S/C27H23ClN8O10S3/c1-12-7-14-9-13(2)23(29)24(22(14)19(37)8-12)36-35-18-5-3-15(10-20(18)48(41,42)43)30-26-32-25(28)33-27(34-26)31-17-6-4-16(47(38,39)40)11-21(17)49(44,45)46/h3-11,37H,29H2,1-2H3,(H,38,39,40)(H,41,42,43)(H,44,45,46)(H2,30,31,32,33,34). The van der Waals surface area contributed by atoms with Gasteiger partial charge in [-0.25, -0.2) is 0 Å². The lowest BCUT2D eigenvalue weighted by Gasteiger charge is -2.12. The number of nitrogens with one attached hydrogen (secondary N) is 2. The van der Waals surface area contributed by atoms with Crippen LogP contribution in [0.25, 0.3) is 10.8 Å². The summed E-state index contributed by atoms with van der Waals surface area (Å²) in [7, 11) is -14.8. The van der Waals surface area contributed by atoms with E-state index in [0.717, 1.165) is 23.8 Å². The van der Waals surface area contributed by atoms with Gasteiger partial charge in [-0.05, 0) is 90.5 Å². The number of hydrogen-bond donors (Lipinski definition) is 7. The van der Waals surface area contributed by atoms with E-state index in [9.17, 15) is 44.0 Å². The Labute approximate surface area is 283 Å². The highest BCUT2D eigenvalue weighted by Crippen LogP contribution is 2.42. The van der Waals surface area contributed by atoms with Crippen molar-refractivity contribution in [1.29, 1.82) is 0 Å². The zero-order valence-electron chi connectivity index (χ0n) is 24.9. The molecular weight excluding hydrogens is 728 g/mol. The number of phenolic OH excluding ortho intramolecular Hbond substituents is 1. The van der Waals surface area contributed by atoms with Crippen molar-refractivity contribution in [2.24, 2.45) is 10.2 Å². The fourth-order valence-electron chi connectivity index (χ4n) is 4.58. The van der Waals surface area contributed by atoms with Gasteiger partial charge in [0.25, 0.3) is 30.4 Å². The number of aromatic hydroxyl groups is 1. The fraction of sp³-hybridized carbons (Fsp3) is 0.0741. The monoisotopic (exact) mass is 750 g/mol. The van der Waals surface area contributed by atoms with E-state index in [1.165, 1.54) is 18.2 Å². The van der Waals surface area contributed by atoms with Crippen LogP contribution in [0.2, 0.25) is 5.28 Å². The van der Waals surface area contributed by atoms with Gasteiger partial charge in [-0.3, -0.25) is 13.7 Å². The van der Waals surface area contributed by atoms with Crippen LogP contribution in [-0.4, -0.2) is 59.0 Å². The normalized spacial score (nSPS) is 12.4. The lowest BCUT2D eigenvalue weighted by Crippen LogP contribution is -2.09. The van der Waals surface area contributed by atoms with Crippen LogP contribution in [0, 0.1) is 13.8 Å². The van der Waals surface area contributed by atoms with Crippen LogP contribution in [0.15, 0.2) is 79.5 Å². The number of fused-ring (bicyclic) bond motifs is 1. The van der Waals surface area contributed by atoms with E-state index in [2.05, 4.69) is 35.8 Å². The molecule has 5 aromatic rings. The maximum absolute atomic E-state index is 12.4. The highest BCUT2D eigenvalue weighted by atomic mass is 35.5. The summed E-state index contributed by atoms with van der Waals surface area (Å²) in [5.74, 6) is -0.876. The largest absolute Gasteiger partial charge is 0.507 e. The summed E-state index contributed by atoms with van der Waals surface area (Å²) in [6.07, 6.45) is 0. The molecule has 0 aliphatic heterocycles. The molecule has 49 heavy (non-hydrogen) atoms. The number of nitrogens with zero attached hydrogens (tertiary/aromatic N) is 5. The number of azo groups is 1. The van der Waals surface area contributed by atoms with Crippen LogP contribution in [0.5, 0.6) is 5.75 Å². The summed E-state index contributed by atoms with van der Waals surface area (Å²) < 4.78 is 100. The van der Waals surface area contributed by atoms with Gasteiger partial charge in [-0.2, -0.15) is 40.2 Å². The van der Waals surface area contributed by atoms with Gasteiger partial charge in [0, 0.05) is 5.69 Å². The highest BCUT2D eigenvalue weighted by Gasteiger charge is 2.22. The molecule has 4 aromatic carbocycles. The summed E-state index contributed by atoms with van der Waals surface area (Å²) in [6, 6.07) is 10.7. The first kappa shape index (κ1) is 35.3. The predicted octanol–water partition coefficient (Wildman–Crippen LogP) is 5.23. The first-order chi connectivity index (χ1) is 22.7. The summed E-state index contributed by atoms with van der Waals surface area (Å²) in [5.41, 5.74) is 7.11. The molecule has 0 atom stereocenters. The van der Waals surface area contributed by atoms with Crippen molar-refractivity contribution in [3.8, 4) is 5.75 Å². The van der Waals surface area contributed by atoms with E-state index < -0.39 is 62.0 Å². The van der Waals surface area contributed by atoms with Crippen molar-refractivity contribution in [3.05, 3.63) is 71.0 Å². The number of anilines is 5. The lowest BCUT2D eigenvalue weighted by atomic mass is 10.0. The van der Waals surface area contributed by atoms with Crippen molar-refractivity contribution in [2.75, 3.05) is 16.4 Å². The highest BCUT2D eigenvalue weighted by molar-refractivity contribution is 7.87. The average molecular weight is 751 g/mol. The van der Waals surface area contributed by atoms with Crippen LogP contribution in [0.3, 0.4) is 0 Å². The molecular formula is C27H23ClN8O10S3. The molecule has 0 saturated carbocycles. The van der Waals surface area contributed by atoms with E-state index >= 15 is 0 Å². The number of halogens is 1. The number of aromatic nitrogens is 3. The van der Waals surface area contributed by atoms with Gasteiger partial charge in [0.05, 0.1) is 21.7 Å². The summed E-state index contributed by atoms with van der Waals surface area (Å²) in [5, 5.41) is 24.3. The first-order valence-corrected chi connectivity index (χ1v) is 18.0. The van der Waals surface area contributed by atoms with Crippen molar-refractivity contribution in [1.82, 2.24) is 15.0 Å². The second-order valence-corrected chi connectivity index (χ2v) is 14.8. The molecule has 0 aliphatic carbocycles. The Balaban J connectivity index is 1.50. The minimum Gasteiger partial charge on any atom is -0.507 e. The van der Waals surface area contributed by atoms with Crippen LogP contribution < -0.4 is 16.4 Å². The smallest absolute Gasteiger partial charge is 0.296 e. The van der Waals surface area contributed by atoms with Crippen LogP contribution >= 0.6 is 11.6 Å². The van der Waals surface area contributed by atoms with Crippen molar-refractivity contribution in [2.45, 2.75) is 28.5 Å². The van der Waals surface area contributed by atoms with Gasteiger partial charge in [0.15, 0.2) is 0 Å². The molecule has 0 aliphatic rings. The van der Waals surface area contributed by atoms with E-state index in [0.29, 0.717) is 17.0 Å². The lowest BCUT2D eigenvalue weighted by molar-refractivity contribution is 0.479. The second kappa shape index (κ2) is 12.8. The van der Waals surface area contributed by atoms with Crippen LogP contribution in [-0.2, 0) is 30.4 Å². The Morgan fingerprint density at radius 1 is 0.755 bits per heavy atom. The third-order valence-corrected chi connectivity index (χ3v) is 9.51. The second-order valence-electron chi connectivity index (χ2n) is 10.3. The van der Waals surface area contributed by atoms with Crippen LogP contribution in [0.4, 0.5) is 40.3 Å². The zero-order valence-corrected chi connectivity index (χ0v) is 28.1. The van der Waals surface area contributed by atoms with Gasteiger partial charge in [0.1, 0.15) is 26.9 Å². The summed E-state index contributed by atoms with van der Waals surface area (Å²) in [4.78, 5) is 9.17. The minimum atomic E-state index is -5.04. The number of phenols is 1. The zero-order chi connectivity index (χ0) is 36.1. The third-order valence-electron chi connectivity index (χ3n) is 6.72. The Hall–Kier alpha value is -5.03. The van der Waals surface area contributed by atoms with E-state index in [1.54, 1.807) is 26.0 Å². The SMILES string of the molecule is Cc1cc(O)c2c(N=Nc3ccc(Nc4nc(Cl)nc(Nc5ccc(S(=O)(=O)O)cc5S(=O)(=O)O)n4)cc3S(=O)(=O)O)c(N)c(C)cc2c1. The molecule has 18 nitrogen and oxygen atoms in total. The fourth-order valence-corrected chi connectivity index (χ4v) is 6.64. The molecule has 1 heterocycles. The number of aryl methyl sites for hydroxylation is 2. The van der Waals surface area contributed by atoms with Gasteiger partial charge < -0.3 is 21.5 Å². The van der Waals surface area contributed by atoms with Gasteiger partial charge >= 0.3 is 0 Å². The number of rotatable bonds is 9. The van der Waals surface area contributed by atoms with Gasteiger partial charge in [-0.1, -0.05) is 6.07 Å². The molecule has 0 spiro atoms. The Morgan fingerprint density at radius 2 is 1.41 bits per heavy atom. The molecule has 0 amide bonds. The van der Waals surface area contributed by atoms with E-state index in [-0.39, 0.29) is 39.8 Å². The predicted molar refractivity (Wildman–Crippen MR) is 177 cm³/mol. The third kappa shape index (κ3) is 7.83. The molecule has 0 unspecified atom stereocenters. The quantitative estimate of drug-likeness (QED) is 0.0576. The summed E-state index contributed by atoms with van der Waals surface area (Å²) >= 11 is 6.00. The number of nitrogens with two attached hydrogens (primary N) is 1. The van der Waals surface area contributed by atoms with Crippen molar-refractivity contribution >= 4 is 93.1 Å². The van der Waals surface area contributed by atoms with E-state index in [1.807, 2.05) is 0 Å². The molecule has 22 heteroatoms. The van der Waals surface area contributed by atoms with E-state index in [4.69, 9.17) is 17.3 Å². The molecule has 8 N–H and O–H groups in total.